The summed E-state index contributed by atoms with van der Waals surface area (Å²) in [5.74, 6) is -1.56. The number of piperazine rings is 1. The number of rotatable bonds is 10. The van der Waals surface area contributed by atoms with Gasteiger partial charge in [-0.05, 0) is 46.0 Å². The van der Waals surface area contributed by atoms with Gasteiger partial charge in [0.15, 0.2) is 5.82 Å². The van der Waals surface area contributed by atoms with E-state index in [0.29, 0.717) is 11.4 Å². The fourth-order valence-electron chi connectivity index (χ4n) is 4.86. The average molecular weight is 568 g/mol. The van der Waals surface area contributed by atoms with Gasteiger partial charge in [-0.1, -0.05) is 30.3 Å². The Labute approximate surface area is 239 Å². The number of benzene rings is 1. The Morgan fingerprint density at radius 1 is 1.00 bits per heavy atom. The molecule has 1 atom stereocenters. The Bertz CT molecular complexity index is 1230. The number of hydrogen-bond acceptors (Lipinski definition) is 8. The third kappa shape index (κ3) is 8.38. The molecule has 1 saturated carbocycles. The highest BCUT2D eigenvalue weighted by molar-refractivity contribution is 5.96. The van der Waals surface area contributed by atoms with Gasteiger partial charge in [0.25, 0.3) is 5.91 Å². The number of hydrogen-bond donors (Lipinski definition) is 2. The van der Waals surface area contributed by atoms with Crippen LogP contribution >= 0.6 is 0 Å². The molecule has 1 aromatic carbocycles. The average Bonchev–Trinajstić information content (AvgIpc) is 3.47. The van der Waals surface area contributed by atoms with Gasteiger partial charge >= 0.3 is 12.1 Å². The number of carbonyl (C=O) groups excluding carboxylic acids is 3. The smallest absolute Gasteiger partial charge is 0.410 e. The van der Waals surface area contributed by atoms with Gasteiger partial charge in [0.2, 0.25) is 11.8 Å². The van der Waals surface area contributed by atoms with Crippen LogP contribution in [0.2, 0.25) is 0 Å². The normalized spacial score (nSPS) is 16.4. The molecule has 1 saturated heterocycles. The minimum Gasteiger partial charge on any atom is -0.481 e. The summed E-state index contributed by atoms with van der Waals surface area (Å²) in [5, 5.41) is 12.0. The second kappa shape index (κ2) is 13.9. The molecular formula is C29H37N5O7. The molecule has 2 aliphatic rings. The summed E-state index contributed by atoms with van der Waals surface area (Å²) < 4.78 is 11.3. The van der Waals surface area contributed by atoms with Crippen molar-refractivity contribution in [3.05, 3.63) is 42.1 Å². The van der Waals surface area contributed by atoms with Crippen LogP contribution < -0.4 is 10.1 Å². The van der Waals surface area contributed by atoms with Crippen molar-refractivity contribution in [3.63, 3.8) is 0 Å². The van der Waals surface area contributed by atoms with E-state index < -0.39 is 29.9 Å². The number of carboxylic acids is 1. The Morgan fingerprint density at radius 3 is 2.29 bits per heavy atom. The van der Waals surface area contributed by atoms with Crippen molar-refractivity contribution < 1.29 is 33.8 Å². The fraction of sp³-hybridized carbons (Fsp3) is 0.517. The third-order valence-corrected chi connectivity index (χ3v) is 6.99. The second-order valence-electron chi connectivity index (χ2n) is 10.5. The van der Waals surface area contributed by atoms with Gasteiger partial charge in [-0.25, -0.2) is 9.78 Å². The molecular weight excluding hydrogens is 530 g/mol. The minimum atomic E-state index is -1.10. The van der Waals surface area contributed by atoms with Crippen molar-refractivity contribution >= 4 is 23.9 Å². The molecule has 2 fully saturated rings. The summed E-state index contributed by atoms with van der Waals surface area (Å²) in [6.45, 7) is 4.53. The lowest BCUT2D eigenvalue weighted by molar-refractivity contribution is -0.138. The van der Waals surface area contributed by atoms with E-state index in [1.54, 1.807) is 13.8 Å². The van der Waals surface area contributed by atoms with Crippen molar-refractivity contribution in [2.75, 3.05) is 26.2 Å². The Morgan fingerprint density at radius 2 is 1.66 bits per heavy atom. The number of carboxylic acid groups (broad SMARTS) is 1. The maximum Gasteiger partial charge on any atom is 0.410 e. The topological polar surface area (TPSA) is 151 Å². The Balaban J connectivity index is 1.50. The molecule has 0 bridgehead atoms. The summed E-state index contributed by atoms with van der Waals surface area (Å²) in [6.07, 6.45) is 2.82. The van der Waals surface area contributed by atoms with Crippen LogP contribution in [0.25, 0.3) is 11.4 Å². The molecule has 3 amide bonds. The largest absolute Gasteiger partial charge is 0.481 e. The van der Waals surface area contributed by atoms with Crippen molar-refractivity contribution in [2.45, 2.75) is 70.6 Å². The van der Waals surface area contributed by atoms with Gasteiger partial charge < -0.3 is 29.7 Å². The van der Waals surface area contributed by atoms with E-state index in [4.69, 9.17) is 9.47 Å². The number of amides is 3. The lowest BCUT2D eigenvalue weighted by atomic mass is 10.1. The number of carbonyl (C=O) groups is 4. The van der Waals surface area contributed by atoms with Crippen molar-refractivity contribution in [3.8, 4) is 17.3 Å². The molecule has 220 valence electrons. The molecule has 12 nitrogen and oxygen atoms in total. The van der Waals surface area contributed by atoms with Crippen molar-refractivity contribution in [1.29, 1.82) is 0 Å². The Hall–Kier alpha value is -4.22. The molecule has 12 heteroatoms. The van der Waals surface area contributed by atoms with Crippen LogP contribution in [-0.2, 0) is 14.3 Å². The van der Waals surface area contributed by atoms with Crippen LogP contribution in [0.3, 0.4) is 0 Å². The zero-order valence-electron chi connectivity index (χ0n) is 23.5. The molecule has 2 aromatic rings. The number of aromatic nitrogens is 2. The maximum atomic E-state index is 13.5. The van der Waals surface area contributed by atoms with Crippen LogP contribution in [0.4, 0.5) is 4.79 Å². The van der Waals surface area contributed by atoms with Gasteiger partial charge in [-0.2, -0.15) is 4.98 Å². The standard InChI is InChI=1S/C29H37N5O7/c1-19(2)40-29(39)34-16-14-33(15-17-34)28(38)22(12-13-25(35)36)31-27(37)23-18-24(41-21-10-6-7-11-21)32-26(30-23)20-8-4-3-5-9-20/h3-5,8-9,18-19,21-22H,6-7,10-17H2,1-2H3,(H,31,37)(H,35,36). The molecule has 2 N–H and O–H groups in total. The predicted molar refractivity (Wildman–Crippen MR) is 148 cm³/mol. The number of nitrogens with zero attached hydrogens (tertiary/aromatic N) is 4. The monoisotopic (exact) mass is 567 g/mol. The molecule has 41 heavy (non-hydrogen) atoms. The van der Waals surface area contributed by atoms with Crippen LogP contribution in [0.1, 0.15) is 62.9 Å². The highest BCUT2D eigenvalue weighted by Gasteiger charge is 2.32. The lowest BCUT2D eigenvalue weighted by Crippen LogP contribution is -2.56. The lowest BCUT2D eigenvalue weighted by Gasteiger charge is -2.36. The number of ether oxygens (including phenoxy) is 2. The third-order valence-electron chi connectivity index (χ3n) is 6.99. The SMILES string of the molecule is CC(C)OC(=O)N1CCN(C(=O)C(CCC(=O)O)NC(=O)c2cc(OC3CCCC3)nc(-c3ccccc3)n2)CC1. The first-order valence-electron chi connectivity index (χ1n) is 14.1. The summed E-state index contributed by atoms with van der Waals surface area (Å²) in [4.78, 5) is 62.5. The molecule has 1 aromatic heterocycles. The van der Waals surface area contributed by atoms with Gasteiger partial charge in [-0.15, -0.1) is 0 Å². The Kier molecular flexibility index (Phi) is 10.1. The van der Waals surface area contributed by atoms with Crippen LogP contribution in [0.15, 0.2) is 36.4 Å². The van der Waals surface area contributed by atoms with E-state index in [9.17, 15) is 24.3 Å². The second-order valence-corrected chi connectivity index (χ2v) is 10.5. The highest BCUT2D eigenvalue weighted by Crippen LogP contribution is 2.25. The first-order chi connectivity index (χ1) is 19.7. The van der Waals surface area contributed by atoms with Gasteiger partial charge in [0.1, 0.15) is 17.8 Å². The van der Waals surface area contributed by atoms with Gasteiger partial charge in [0.05, 0.1) is 6.10 Å². The number of aliphatic carboxylic acids is 1. The van der Waals surface area contributed by atoms with E-state index >= 15 is 0 Å². The first kappa shape index (κ1) is 29.8. The summed E-state index contributed by atoms with van der Waals surface area (Å²) in [5.41, 5.74) is 0.715. The van der Waals surface area contributed by atoms with Gasteiger partial charge in [0, 0.05) is 44.2 Å². The quantitative estimate of drug-likeness (QED) is 0.441. The van der Waals surface area contributed by atoms with E-state index in [2.05, 4.69) is 15.3 Å². The molecule has 1 unspecified atom stereocenters. The maximum absolute atomic E-state index is 13.5. The number of nitrogens with one attached hydrogen (secondary N) is 1. The molecule has 0 spiro atoms. The molecule has 2 heterocycles. The van der Waals surface area contributed by atoms with Gasteiger partial charge in [-0.3, -0.25) is 14.4 Å². The van der Waals surface area contributed by atoms with E-state index in [1.165, 1.54) is 15.9 Å². The summed E-state index contributed by atoms with van der Waals surface area (Å²) >= 11 is 0. The zero-order chi connectivity index (χ0) is 29.4. The molecule has 0 radical (unpaired) electrons. The highest BCUT2D eigenvalue weighted by atomic mass is 16.6. The minimum absolute atomic E-state index is 0.00538. The van der Waals surface area contributed by atoms with E-state index in [1.807, 2.05) is 30.3 Å². The molecule has 1 aliphatic carbocycles. The zero-order valence-corrected chi connectivity index (χ0v) is 23.5. The molecule has 1 aliphatic heterocycles. The van der Waals surface area contributed by atoms with E-state index in [0.717, 1.165) is 25.7 Å². The summed E-state index contributed by atoms with van der Waals surface area (Å²) in [7, 11) is 0. The fourth-order valence-corrected chi connectivity index (χ4v) is 4.86. The first-order valence-corrected chi connectivity index (χ1v) is 14.1. The van der Waals surface area contributed by atoms with E-state index in [-0.39, 0.29) is 62.8 Å². The van der Waals surface area contributed by atoms with Crippen LogP contribution in [0, 0.1) is 0 Å². The van der Waals surface area contributed by atoms with Crippen molar-refractivity contribution in [2.24, 2.45) is 0 Å². The van der Waals surface area contributed by atoms with Crippen LogP contribution in [-0.4, -0.2) is 93.2 Å². The van der Waals surface area contributed by atoms with Crippen LogP contribution in [0.5, 0.6) is 5.88 Å². The summed E-state index contributed by atoms with van der Waals surface area (Å²) in [6, 6.07) is 9.55. The molecule has 4 rings (SSSR count). The predicted octanol–water partition coefficient (Wildman–Crippen LogP) is 3.12. The van der Waals surface area contributed by atoms with Crippen molar-refractivity contribution in [1.82, 2.24) is 25.1 Å².